The third-order valence-electron chi connectivity index (χ3n) is 11.8. The molecule has 2 aromatic rings. The second-order valence-electron chi connectivity index (χ2n) is 14.0. The molecule has 1 fully saturated rings. The van der Waals surface area contributed by atoms with E-state index >= 15 is 0 Å². The molecule has 0 spiro atoms. The van der Waals surface area contributed by atoms with Crippen LogP contribution in [0.3, 0.4) is 0 Å². The van der Waals surface area contributed by atoms with Gasteiger partial charge in [0.1, 0.15) is 0 Å². The van der Waals surface area contributed by atoms with Crippen molar-refractivity contribution in [1.29, 1.82) is 0 Å². The van der Waals surface area contributed by atoms with Gasteiger partial charge in [0.15, 0.2) is 25.0 Å². The number of aromatic nitrogens is 1. The Bertz CT molecular complexity index is 1220. The summed E-state index contributed by atoms with van der Waals surface area (Å²) in [6.45, 7) is 22.8. The van der Waals surface area contributed by atoms with Gasteiger partial charge in [0.2, 0.25) is 14.2 Å². The van der Waals surface area contributed by atoms with Crippen molar-refractivity contribution in [2.24, 2.45) is 11.8 Å². The van der Waals surface area contributed by atoms with Crippen LogP contribution in [0, 0.1) is 11.8 Å². The molecule has 264 valence electrons. The lowest BCUT2D eigenvalue weighted by Gasteiger charge is -2.38. The van der Waals surface area contributed by atoms with Crippen LogP contribution in [-0.4, -0.2) is 62.4 Å². The summed E-state index contributed by atoms with van der Waals surface area (Å²) in [5.41, 5.74) is 0.751. The quantitative estimate of drug-likeness (QED) is 0.119. The normalized spacial score (nSPS) is 21.2. The predicted octanol–water partition coefficient (Wildman–Crippen LogP) is 10.7. The first-order valence-electron chi connectivity index (χ1n) is 18.5. The molecule has 1 aliphatic rings. The molecule has 0 bridgehead atoms. The van der Waals surface area contributed by atoms with E-state index < -0.39 is 34.8 Å². The van der Waals surface area contributed by atoms with E-state index in [-0.39, 0.29) is 34.3 Å². The number of fused-ring (bicyclic) bond motifs is 1. The van der Waals surface area contributed by atoms with Gasteiger partial charge in [0.05, 0.1) is 28.2 Å². The molecule has 11 heteroatoms. The SMILES string of the molecule is CC[Si](CC)(CC)O[C@H]1CC(C[C@@H](O[Si](CC)(CC)CC)[C@H](C)CS(=O)(=O)c2nc3ccccc3s2)C[C@H]1O[Si](CC)(CC)CC. The van der Waals surface area contributed by atoms with E-state index in [1.54, 1.807) is 0 Å². The van der Waals surface area contributed by atoms with Gasteiger partial charge in [-0.25, -0.2) is 13.4 Å². The van der Waals surface area contributed by atoms with Crippen LogP contribution in [0.1, 0.15) is 88.5 Å². The summed E-state index contributed by atoms with van der Waals surface area (Å²) in [4.78, 5) is 4.53. The maximum absolute atomic E-state index is 13.8. The van der Waals surface area contributed by atoms with Crippen LogP contribution in [0.5, 0.6) is 0 Å². The molecule has 1 saturated carbocycles. The molecule has 0 radical (unpaired) electrons. The van der Waals surface area contributed by atoms with Gasteiger partial charge in [-0.15, -0.1) is 11.3 Å². The van der Waals surface area contributed by atoms with Crippen LogP contribution in [0.15, 0.2) is 28.6 Å². The minimum absolute atomic E-state index is 0.0563. The highest BCUT2D eigenvalue weighted by molar-refractivity contribution is 7.93. The number of nitrogens with zero attached hydrogens (tertiary/aromatic N) is 1. The molecule has 1 aliphatic carbocycles. The zero-order valence-corrected chi connectivity index (χ0v) is 35.3. The Hall–Kier alpha value is -0.409. The highest BCUT2D eigenvalue weighted by Crippen LogP contribution is 2.42. The molecule has 0 amide bonds. The molecule has 5 atom stereocenters. The summed E-state index contributed by atoms with van der Waals surface area (Å²) in [6.07, 6.45) is 2.97. The van der Waals surface area contributed by atoms with E-state index in [9.17, 15) is 8.42 Å². The van der Waals surface area contributed by atoms with Crippen LogP contribution < -0.4 is 0 Å². The highest BCUT2D eigenvalue weighted by Gasteiger charge is 2.46. The van der Waals surface area contributed by atoms with Crippen molar-refractivity contribution in [1.82, 2.24) is 4.98 Å². The van der Waals surface area contributed by atoms with Crippen molar-refractivity contribution in [3.05, 3.63) is 24.3 Å². The van der Waals surface area contributed by atoms with Crippen molar-refractivity contribution < 1.29 is 21.7 Å². The average molecular weight is 728 g/mol. The summed E-state index contributed by atoms with van der Waals surface area (Å²) in [5, 5.41) is 0. The Balaban J connectivity index is 1.92. The molecule has 0 N–H and O–H groups in total. The molecule has 6 nitrogen and oxygen atoms in total. The summed E-state index contributed by atoms with van der Waals surface area (Å²) in [5.74, 6) is 0.305. The zero-order chi connectivity index (χ0) is 34.2. The summed E-state index contributed by atoms with van der Waals surface area (Å²) in [7, 11) is -9.23. The van der Waals surface area contributed by atoms with Gasteiger partial charge in [0.25, 0.3) is 0 Å². The fraction of sp³-hybridized carbons (Fsp3) is 0.800. The topological polar surface area (TPSA) is 74.7 Å². The van der Waals surface area contributed by atoms with E-state index in [0.717, 1.165) is 83.9 Å². The summed E-state index contributed by atoms with van der Waals surface area (Å²) < 4.78 is 50.5. The molecule has 1 aromatic heterocycles. The van der Waals surface area contributed by atoms with Crippen molar-refractivity contribution >= 4 is 56.3 Å². The first-order valence-corrected chi connectivity index (χ1v) is 28.5. The van der Waals surface area contributed by atoms with Crippen LogP contribution in [0.2, 0.25) is 54.4 Å². The highest BCUT2D eigenvalue weighted by atomic mass is 32.2. The van der Waals surface area contributed by atoms with Crippen molar-refractivity contribution in [3.8, 4) is 0 Å². The Labute approximate surface area is 289 Å². The maximum Gasteiger partial charge on any atom is 0.210 e. The van der Waals surface area contributed by atoms with E-state index in [0.29, 0.717) is 5.92 Å². The van der Waals surface area contributed by atoms with Gasteiger partial charge in [-0.2, -0.15) is 0 Å². The number of para-hydroxylation sites is 1. The molecule has 1 aromatic carbocycles. The average Bonchev–Trinajstić information content (AvgIpc) is 3.68. The largest absolute Gasteiger partial charge is 0.414 e. The van der Waals surface area contributed by atoms with Crippen molar-refractivity contribution in [2.75, 3.05) is 5.75 Å². The van der Waals surface area contributed by atoms with Gasteiger partial charge >= 0.3 is 0 Å². The third-order valence-corrected chi connectivity index (χ3v) is 29.2. The molecule has 46 heavy (non-hydrogen) atoms. The Morgan fingerprint density at radius 1 is 0.761 bits per heavy atom. The van der Waals surface area contributed by atoms with Crippen molar-refractivity contribution in [2.45, 2.75) is 166 Å². The van der Waals surface area contributed by atoms with E-state index in [1.165, 1.54) is 11.3 Å². The molecular weight excluding hydrogens is 663 g/mol. The van der Waals surface area contributed by atoms with E-state index in [1.807, 2.05) is 24.3 Å². The van der Waals surface area contributed by atoms with Gasteiger partial charge in [-0.05, 0) is 97.6 Å². The second-order valence-corrected chi connectivity index (χ2v) is 31.4. The van der Waals surface area contributed by atoms with Gasteiger partial charge < -0.3 is 13.3 Å². The zero-order valence-electron chi connectivity index (χ0n) is 30.7. The molecule has 1 heterocycles. The monoisotopic (exact) mass is 727 g/mol. The fourth-order valence-corrected chi connectivity index (χ4v) is 19.4. The Morgan fingerprint density at radius 3 is 1.65 bits per heavy atom. The van der Waals surface area contributed by atoms with E-state index in [4.69, 9.17) is 13.3 Å². The first kappa shape index (κ1) is 40.0. The van der Waals surface area contributed by atoms with Crippen LogP contribution in [0.25, 0.3) is 10.2 Å². The lowest BCUT2D eigenvalue weighted by atomic mass is 9.93. The molecule has 0 aliphatic heterocycles. The molecular formula is C35H65NO5S2Si3. The summed E-state index contributed by atoms with van der Waals surface area (Å²) >= 11 is 1.28. The third kappa shape index (κ3) is 9.43. The van der Waals surface area contributed by atoms with Crippen LogP contribution >= 0.6 is 11.3 Å². The lowest BCUT2D eigenvalue weighted by molar-refractivity contribution is 0.0621. The maximum atomic E-state index is 13.8. The minimum Gasteiger partial charge on any atom is -0.414 e. The minimum atomic E-state index is -3.56. The Morgan fingerprint density at radius 2 is 1.22 bits per heavy atom. The molecule has 3 rings (SSSR count). The number of benzene rings is 1. The van der Waals surface area contributed by atoms with Gasteiger partial charge in [-0.3, -0.25) is 0 Å². The second kappa shape index (κ2) is 17.5. The summed E-state index contributed by atoms with van der Waals surface area (Å²) in [6, 6.07) is 17.6. The smallest absolute Gasteiger partial charge is 0.210 e. The van der Waals surface area contributed by atoms with E-state index in [2.05, 4.69) is 74.2 Å². The number of thiazole rings is 1. The molecule has 1 unspecified atom stereocenters. The number of rotatable bonds is 21. The predicted molar refractivity (Wildman–Crippen MR) is 204 cm³/mol. The van der Waals surface area contributed by atoms with Crippen LogP contribution in [-0.2, 0) is 23.1 Å². The number of hydrogen-bond donors (Lipinski definition) is 0. The lowest BCUT2D eigenvalue weighted by Crippen LogP contribution is -2.47. The fourth-order valence-electron chi connectivity index (χ4n) is 7.69. The molecule has 0 saturated heterocycles. The van der Waals surface area contributed by atoms with Gasteiger partial charge in [0, 0.05) is 6.10 Å². The standard InChI is InChI=1S/C35H65NO5S2Si3/c1-11-44(12-2,13-3)39-31(28(10)27-43(37,38)35-36-30-22-20-21-23-34(30)42-35)24-29-25-32(40-45(14-4,15-5)16-6)33(26-29)41-46(17-7,18-8)19-9/h20-23,28-29,31-33H,11-19,24-27H2,1-10H3/t28-,29?,31-,32-,33+/m1/s1. The Kier molecular flexibility index (Phi) is 15.2. The number of hydrogen-bond acceptors (Lipinski definition) is 7. The first-order chi connectivity index (χ1) is 21.9. The van der Waals surface area contributed by atoms with Crippen LogP contribution in [0.4, 0.5) is 0 Å². The van der Waals surface area contributed by atoms with Gasteiger partial charge in [-0.1, -0.05) is 81.4 Å². The number of sulfone groups is 1. The van der Waals surface area contributed by atoms with Crippen molar-refractivity contribution in [3.63, 3.8) is 0 Å².